The summed E-state index contributed by atoms with van der Waals surface area (Å²) >= 11 is 0. The molecule has 0 spiro atoms. The van der Waals surface area contributed by atoms with Crippen LogP contribution in [0.3, 0.4) is 0 Å². The van der Waals surface area contributed by atoms with Crippen LogP contribution in [0.25, 0.3) is 0 Å². The fourth-order valence-electron chi connectivity index (χ4n) is 2.67. The molecule has 5 nitrogen and oxygen atoms in total. The number of carbonyl (C=O) groups excluding carboxylic acids is 1. The molecule has 1 aromatic rings. The number of nitrogens with zero attached hydrogens (tertiary/aromatic N) is 1. The van der Waals surface area contributed by atoms with Gasteiger partial charge in [0.2, 0.25) is 10.0 Å². The number of benzene rings is 1. The number of aryl methyl sites for hydroxylation is 1. The highest BCUT2D eigenvalue weighted by Gasteiger charge is 2.19. The fraction of sp³-hybridized carbons (Fsp3) is 0.533. The van der Waals surface area contributed by atoms with Gasteiger partial charge in [0.15, 0.2) is 0 Å². The molecule has 1 fully saturated rings. The van der Waals surface area contributed by atoms with Crippen molar-refractivity contribution in [2.24, 2.45) is 0 Å². The van der Waals surface area contributed by atoms with Crippen LogP contribution in [0.1, 0.15) is 41.6 Å². The molecule has 0 aromatic heterocycles. The van der Waals surface area contributed by atoms with E-state index in [2.05, 4.69) is 5.32 Å². The molecule has 0 atom stereocenters. The maximum Gasteiger partial charge on any atom is 0.251 e. The molecule has 1 aliphatic rings. The van der Waals surface area contributed by atoms with Gasteiger partial charge in [-0.1, -0.05) is 12.8 Å². The first kappa shape index (κ1) is 15.8. The molecule has 116 valence electrons. The van der Waals surface area contributed by atoms with Gasteiger partial charge < -0.3 is 5.32 Å². The van der Waals surface area contributed by atoms with Gasteiger partial charge in [-0.05, 0) is 43.5 Å². The third kappa shape index (κ3) is 3.75. The monoisotopic (exact) mass is 310 g/mol. The maximum absolute atomic E-state index is 12.2. The summed E-state index contributed by atoms with van der Waals surface area (Å²) in [6, 6.07) is 5.37. The molecule has 0 heterocycles. The lowest BCUT2D eigenvalue weighted by Crippen LogP contribution is -2.32. The number of hydrogen-bond acceptors (Lipinski definition) is 3. The molecule has 1 N–H and O–H groups in total. The lowest BCUT2D eigenvalue weighted by Gasteiger charge is -2.20. The van der Waals surface area contributed by atoms with Gasteiger partial charge in [-0.2, -0.15) is 0 Å². The molecular formula is C15H22N2O3S. The summed E-state index contributed by atoms with van der Waals surface area (Å²) < 4.78 is 24.4. The van der Waals surface area contributed by atoms with E-state index < -0.39 is 10.0 Å². The van der Waals surface area contributed by atoms with Crippen molar-refractivity contribution in [1.29, 1.82) is 0 Å². The standard InChI is InChI=1S/C15H22N2O3S/c1-11-10-12(15(18)16-13-6-4-5-7-13)8-9-14(11)17(2)21(3,19)20/h8-10,13H,4-7H2,1-3H3,(H,16,18). The quantitative estimate of drug-likeness (QED) is 0.925. The summed E-state index contributed by atoms with van der Waals surface area (Å²) in [5, 5.41) is 3.03. The van der Waals surface area contributed by atoms with Gasteiger partial charge in [-0.25, -0.2) is 8.42 Å². The summed E-state index contributed by atoms with van der Waals surface area (Å²) in [6.07, 6.45) is 5.58. The van der Waals surface area contributed by atoms with E-state index in [4.69, 9.17) is 0 Å². The van der Waals surface area contributed by atoms with Gasteiger partial charge in [0, 0.05) is 18.7 Å². The Morgan fingerprint density at radius 1 is 1.29 bits per heavy atom. The molecule has 1 amide bonds. The Kier molecular flexibility index (Phi) is 4.56. The van der Waals surface area contributed by atoms with Gasteiger partial charge in [-0.15, -0.1) is 0 Å². The normalized spacial score (nSPS) is 16.0. The Morgan fingerprint density at radius 2 is 1.90 bits per heavy atom. The number of sulfonamides is 1. The van der Waals surface area contributed by atoms with Crippen LogP contribution in [0.4, 0.5) is 5.69 Å². The van der Waals surface area contributed by atoms with Crippen LogP contribution < -0.4 is 9.62 Å². The van der Waals surface area contributed by atoms with E-state index in [-0.39, 0.29) is 11.9 Å². The van der Waals surface area contributed by atoms with E-state index in [1.54, 1.807) is 18.2 Å². The van der Waals surface area contributed by atoms with Crippen molar-refractivity contribution in [2.45, 2.75) is 38.6 Å². The third-order valence-corrected chi connectivity index (χ3v) is 5.18. The predicted octanol–water partition coefficient (Wildman–Crippen LogP) is 2.06. The Hall–Kier alpha value is -1.56. The van der Waals surface area contributed by atoms with E-state index in [0.29, 0.717) is 11.3 Å². The zero-order valence-electron chi connectivity index (χ0n) is 12.7. The minimum atomic E-state index is -3.30. The van der Waals surface area contributed by atoms with Gasteiger partial charge in [0.25, 0.3) is 5.91 Å². The lowest BCUT2D eigenvalue weighted by atomic mass is 10.1. The lowest BCUT2D eigenvalue weighted by molar-refractivity contribution is 0.0938. The highest BCUT2D eigenvalue weighted by molar-refractivity contribution is 7.92. The van der Waals surface area contributed by atoms with Crippen molar-refractivity contribution in [3.63, 3.8) is 0 Å². The second-order valence-corrected chi connectivity index (χ2v) is 7.70. The average Bonchev–Trinajstić information content (AvgIpc) is 2.89. The number of carbonyl (C=O) groups is 1. The van der Waals surface area contributed by atoms with E-state index in [1.807, 2.05) is 6.92 Å². The Labute approximate surface area is 126 Å². The molecule has 2 rings (SSSR count). The zero-order chi connectivity index (χ0) is 15.6. The Morgan fingerprint density at radius 3 is 2.43 bits per heavy atom. The van der Waals surface area contributed by atoms with Crippen LogP contribution >= 0.6 is 0 Å². The molecule has 1 aromatic carbocycles. The molecule has 1 saturated carbocycles. The van der Waals surface area contributed by atoms with Crippen LogP contribution in [0, 0.1) is 6.92 Å². The molecule has 21 heavy (non-hydrogen) atoms. The second-order valence-electron chi connectivity index (χ2n) is 5.69. The van der Waals surface area contributed by atoms with Crippen molar-refractivity contribution in [3.8, 4) is 0 Å². The van der Waals surface area contributed by atoms with Crippen LogP contribution in [-0.2, 0) is 10.0 Å². The van der Waals surface area contributed by atoms with Gasteiger partial charge in [0.1, 0.15) is 0 Å². The molecular weight excluding hydrogens is 288 g/mol. The van der Waals surface area contributed by atoms with E-state index in [0.717, 1.165) is 24.7 Å². The van der Waals surface area contributed by atoms with Gasteiger partial charge >= 0.3 is 0 Å². The summed E-state index contributed by atoms with van der Waals surface area (Å²) in [6.45, 7) is 1.81. The highest BCUT2D eigenvalue weighted by atomic mass is 32.2. The number of amides is 1. The zero-order valence-corrected chi connectivity index (χ0v) is 13.5. The molecule has 1 aliphatic carbocycles. The summed E-state index contributed by atoms with van der Waals surface area (Å²) in [7, 11) is -1.79. The largest absolute Gasteiger partial charge is 0.349 e. The highest BCUT2D eigenvalue weighted by Crippen LogP contribution is 2.23. The topological polar surface area (TPSA) is 66.5 Å². The summed E-state index contributed by atoms with van der Waals surface area (Å²) in [5.41, 5.74) is 1.93. The number of anilines is 1. The predicted molar refractivity (Wildman–Crippen MR) is 84.1 cm³/mol. The molecule has 0 unspecified atom stereocenters. The van der Waals surface area contributed by atoms with Crippen LogP contribution in [0.5, 0.6) is 0 Å². The van der Waals surface area contributed by atoms with Crippen LogP contribution in [0.15, 0.2) is 18.2 Å². The molecule has 0 saturated heterocycles. The molecule has 0 radical (unpaired) electrons. The fourth-order valence-corrected chi connectivity index (χ4v) is 3.23. The average molecular weight is 310 g/mol. The van der Waals surface area contributed by atoms with E-state index >= 15 is 0 Å². The number of rotatable bonds is 4. The van der Waals surface area contributed by atoms with E-state index in [9.17, 15) is 13.2 Å². The third-order valence-electron chi connectivity index (χ3n) is 3.99. The molecule has 0 aliphatic heterocycles. The van der Waals surface area contributed by atoms with Gasteiger partial charge in [0.05, 0.1) is 11.9 Å². The Bertz CT molecular complexity index is 634. The molecule has 6 heteroatoms. The Balaban J connectivity index is 2.16. The minimum absolute atomic E-state index is 0.0847. The first-order valence-electron chi connectivity index (χ1n) is 7.14. The van der Waals surface area contributed by atoms with Crippen LogP contribution in [-0.4, -0.2) is 33.7 Å². The first-order valence-corrected chi connectivity index (χ1v) is 8.99. The maximum atomic E-state index is 12.2. The summed E-state index contributed by atoms with van der Waals surface area (Å²) in [5.74, 6) is -0.0847. The first-order chi connectivity index (χ1) is 9.79. The SMILES string of the molecule is Cc1cc(C(=O)NC2CCCC2)ccc1N(C)S(C)(=O)=O. The van der Waals surface area contributed by atoms with Crippen molar-refractivity contribution < 1.29 is 13.2 Å². The van der Waals surface area contributed by atoms with E-state index in [1.165, 1.54) is 24.2 Å². The summed E-state index contributed by atoms with van der Waals surface area (Å²) in [4.78, 5) is 12.2. The van der Waals surface area contributed by atoms with Crippen molar-refractivity contribution in [2.75, 3.05) is 17.6 Å². The number of hydrogen-bond donors (Lipinski definition) is 1. The van der Waals surface area contributed by atoms with Gasteiger partial charge in [-0.3, -0.25) is 9.10 Å². The van der Waals surface area contributed by atoms with Crippen molar-refractivity contribution >= 4 is 21.6 Å². The minimum Gasteiger partial charge on any atom is -0.349 e. The second kappa shape index (κ2) is 6.05. The van der Waals surface area contributed by atoms with Crippen LogP contribution in [0.2, 0.25) is 0 Å². The van der Waals surface area contributed by atoms with Crippen molar-refractivity contribution in [3.05, 3.63) is 29.3 Å². The smallest absolute Gasteiger partial charge is 0.251 e. The molecule has 0 bridgehead atoms. The van der Waals surface area contributed by atoms with Crippen molar-refractivity contribution in [1.82, 2.24) is 5.32 Å². The number of nitrogens with one attached hydrogen (secondary N) is 1.